The van der Waals surface area contributed by atoms with Crippen LogP contribution in [0.2, 0.25) is 0 Å². The third kappa shape index (κ3) is 4.60. The van der Waals surface area contributed by atoms with Gasteiger partial charge < -0.3 is 14.6 Å². The maximum Gasteiger partial charge on any atom is 0.203 e. The van der Waals surface area contributed by atoms with Crippen molar-refractivity contribution >= 4 is 5.95 Å². The van der Waals surface area contributed by atoms with E-state index < -0.39 is 0 Å². The molecule has 0 bridgehead atoms. The lowest BCUT2D eigenvalue weighted by Gasteiger charge is -2.17. The molecule has 0 spiro atoms. The van der Waals surface area contributed by atoms with E-state index in [4.69, 9.17) is 4.74 Å². The first kappa shape index (κ1) is 15.6. The molecule has 2 rings (SSSR count). The molecule has 1 N–H and O–H groups in total. The Balaban J connectivity index is 2.01. The first-order chi connectivity index (χ1) is 10.2. The number of imidazole rings is 1. The van der Waals surface area contributed by atoms with E-state index >= 15 is 0 Å². The summed E-state index contributed by atoms with van der Waals surface area (Å²) in [6.45, 7) is 5.91. The van der Waals surface area contributed by atoms with E-state index in [-0.39, 0.29) is 0 Å². The molecule has 0 amide bonds. The Hall–Kier alpha value is -1.81. The van der Waals surface area contributed by atoms with Crippen LogP contribution in [0.4, 0.5) is 5.95 Å². The Labute approximate surface area is 127 Å². The summed E-state index contributed by atoms with van der Waals surface area (Å²) in [5.74, 6) is 0.951. The predicted octanol–water partition coefficient (Wildman–Crippen LogP) is 3.44. The maximum atomic E-state index is 5.07. The zero-order valence-electron chi connectivity index (χ0n) is 13.2. The van der Waals surface area contributed by atoms with Crippen LogP contribution in [0.15, 0.2) is 36.5 Å². The van der Waals surface area contributed by atoms with Gasteiger partial charge in [0.15, 0.2) is 0 Å². The lowest BCUT2D eigenvalue weighted by molar-refractivity contribution is 0.197. The molecule has 1 atom stereocenters. The van der Waals surface area contributed by atoms with Crippen LogP contribution in [0.1, 0.15) is 30.6 Å². The molecule has 21 heavy (non-hydrogen) atoms. The van der Waals surface area contributed by atoms with E-state index in [1.165, 1.54) is 5.56 Å². The van der Waals surface area contributed by atoms with Crippen molar-refractivity contribution in [3.05, 3.63) is 47.8 Å². The van der Waals surface area contributed by atoms with Crippen molar-refractivity contribution in [2.45, 2.75) is 32.7 Å². The number of hydrogen-bond donors (Lipinski definition) is 1. The van der Waals surface area contributed by atoms with Crippen molar-refractivity contribution in [3.8, 4) is 0 Å². The highest BCUT2D eigenvalue weighted by molar-refractivity contribution is 5.30. The fraction of sp³-hybridized carbons (Fsp3) is 0.471. The smallest absolute Gasteiger partial charge is 0.203 e. The van der Waals surface area contributed by atoms with Gasteiger partial charge in [-0.1, -0.05) is 30.3 Å². The van der Waals surface area contributed by atoms with Crippen LogP contribution in [0.5, 0.6) is 0 Å². The van der Waals surface area contributed by atoms with Gasteiger partial charge in [0.05, 0.1) is 5.69 Å². The molecular formula is C17H25N3O. The second kappa shape index (κ2) is 7.84. The van der Waals surface area contributed by atoms with Crippen molar-refractivity contribution in [2.24, 2.45) is 0 Å². The number of nitrogens with one attached hydrogen (secondary N) is 1. The number of methoxy groups -OCH3 is 1. The second-order valence-electron chi connectivity index (χ2n) is 5.43. The van der Waals surface area contributed by atoms with Crippen LogP contribution >= 0.6 is 0 Å². The van der Waals surface area contributed by atoms with Crippen LogP contribution in [0.3, 0.4) is 0 Å². The molecule has 1 unspecified atom stereocenters. The number of nitrogens with zero attached hydrogens (tertiary/aromatic N) is 2. The fourth-order valence-electron chi connectivity index (χ4n) is 2.45. The summed E-state index contributed by atoms with van der Waals surface area (Å²) in [5, 5.41) is 3.41. The van der Waals surface area contributed by atoms with Crippen molar-refractivity contribution in [3.63, 3.8) is 0 Å². The zero-order valence-corrected chi connectivity index (χ0v) is 13.2. The molecule has 1 aromatic carbocycles. The molecule has 2 aromatic rings. The average Bonchev–Trinajstić information content (AvgIpc) is 2.86. The maximum absolute atomic E-state index is 5.07. The first-order valence-corrected chi connectivity index (χ1v) is 7.53. The SMILES string of the molecule is COCCCNc1nc(C)cn1C(C)Cc1ccccc1. The zero-order chi connectivity index (χ0) is 15.1. The van der Waals surface area contributed by atoms with Gasteiger partial charge in [-0.3, -0.25) is 0 Å². The summed E-state index contributed by atoms with van der Waals surface area (Å²) in [4.78, 5) is 4.58. The highest BCUT2D eigenvalue weighted by Crippen LogP contribution is 2.20. The number of anilines is 1. The van der Waals surface area contributed by atoms with Gasteiger partial charge in [0, 0.05) is 32.5 Å². The van der Waals surface area contributed by atoms with Gasteiger partial charge in [-0.2, -0.15) is 0 Å². The van der Waals surface area contributed by atoms with Gasteiger partial charge in [0.25, 0.3) is 0 Å². The van der Waals surface area contributed by atoms with Gasteiger partial charge in [-0.15, -0.1) is 0 Å². The molecule has 114 valence electrons. The van der Waals surface area contributed by atoms with Crippen molar-refractivity contribution in [1.82, 2.24) is 9.55 Å². The Morgan fingerprint density at radius 3 is 2.76 bits per heavy atom. The Bertz CT molecular complexity index is 536. The molecule has 0 saturated heterocycles. The summed E-state index contributed by atoms with van der Waals surface area (Å²) < 4.78 is 7.31. The van der Waals surface area contributed by atoms with Gasteiger partial charge in [-0.05, 0) is 32.3 Å². The molecule has 1 aromatic heterocycles. The Kier molecular flexibility index (Phi) is 5.81. The molecule has 0 aliphatic heterocycles. The topological polar surface area (TPSA) is 39.1 Å². The van der Waals surface area contributed by atoms with Gasteiger partial charge in [0.2, 0.25) is 5.95 Å². The largest absolute Gasteiger partial charge is 0.385 e. The van der Waals surface area contributed by atoms with Crippen molar-refractivity contribution in [2.75, 3.05) is 25.6 Å². The highest BCUT2D eigenvalue weighted by atomic mass is 16.5. The first-order valence-electron chi connectivity index (χ1n) is 7.53. The molecule has 0 saturated carbocycles. The molecule has 0 radical (unpaired) electrons. The molecular weight excluding hydrogens is 262 g/mol. The van der Waals surface area contributed by atoms with Gasteiger partial charge in [-0.25, -0.2) is 4.98 Å². The number of aryl methyl sites for hydroxylation is 1. The highest BCUT2D eigenvalue weighted by Gasteiger charge is 2.12. The number of ether oxygens (including phenoxy) is 1. The quantitative estimate of drug-likeness (QED) is 0.756. The lowest BCUT2D eigenvalue weighted by atomic mass is 10.1. The number of benzene rings is 1. The minimum absolute atomic E-state index is 0.374. The summed E-state index contributed by atoms with van der Waals surface area (Å²) in [6, 6.07) is 10.9. The monoisotopic (exact) mass is 287 g/mol. The number of aromatic nitrogens is 2. The molecule has 1 heterocycles. The normalized spacial score (nSPS) is 12.3. The lowest BCUT2D eigenvalue weighted by Crippen LogP contribution is -2.14. The summed E-state index contributed by atoms with van der Waals surface area (Å²) in [7, 11) is 1.73. The van der Waals surface area contributed by atoms with Crippen molar-refractivity contribution < 1.29 is 4.74 Å². The van der Waals surface area contributed by atoms with Crippen LogP contribution in [0.25, 0.3) is 0 Å². The Morgan fingerprint density at radius 1 is 1.29 bits per heavy atom. The van der Waals surface area contributed by atoms with E-state index in [9.17, 15) is 0 Å². The van der Waals surface area contributed by atoms with E-state index in [0.29, 0.717) is 6.04 Å². The van der Waals surface area contributed by atoms with E-state index in [1.807, 2.05) is 6.92 Å². The molecule has 4 heteroatoms. The van der Waals surface area contributed by atoms with Gasteiger partial charge in [0.1, 0.15) is 0 Å². The number of hydrogen-bond acceptors (Lipinski definition) is 3. The van der Waals surface area contributed by atoms with E-state index in [2.05, 4.69) is 58.3 Å². The van der Waals surface area contributed by atoms with Gasteiger partial charge >= 0.3 is 0 Å². The minimum atomic E-state index is 0.374. The molecule has 0 aliphatic rings. The average molecular weight is 287 g/mol. The van der Waals surface area contributed by atoms with Crippen molar-refractivity contribution in [1.29, 1.82) is 0 Å². The number of rotatable bonds is 8. The summed E-state index contributed by atoms with van der Waals surface area (Å²) in [5.41, 5.74) is 2.39. The summed E-state index contributed by atoms with van der Waals surface area (Å²) in [6.07, 6.45) is 4.10. The van der Waals surface area contributed by atoms with Crippen LogP contribution < -0.4 is 5.32 Å². The van der Waals surface area contributed by atoms with Crippen LogP contribution in [-0.2, 0) is 11.2 Å². The Morgan fingerprint density at radius 2 is 2.05 bits per heavy atom. The minimum Gasteiger partial charge on any atom is -0.385 e. The third-order valence-electron chi connectivity index (χ3n) is 3.51. The van der Waals surface area contributed by atoms with E-state index in [0.717, 1.165) is 37.6 Å². The van der Waals surface area contributed by atoms with Crippen LogP contribution in [-0.4, -0.2) is 29.8 Å². The van der Waals surface area contributed by atoms with E-state index in [1.54, 1.807) is 7.11 Å². The second-order valence-corrected chi connectivity index (χ2v) is 5.43. The molecule has 0 fully saturated rings. The molecule has 4 nitrogen and oxygen atoms in total. The fourth-order valence-corrected chi connectivity index (χ4v) is 2.45. The van der Waals surface area contributed by atoms with Crippen LogP contribution in [0, 0.1) is 6.92 Å². The predicted molar refractivity (Wildman–Crippen MR) is 86.8 cm³/mol. The molecule has 0 aliphatic carbocycles. The standard InChI is InChI=1S/C17H25N3O/c1-14-13-20(17(19-14)18-10-7-11-21-3)15(2)12-16-8-5-4-6-9-16/h4-6,8-9,13,15H,7,10-12H2,1-3H3,(H,18,19). The third-order valence-corrected chi connectivity index (χ3v) is 3.51. The summed E-state index contributed by atoms with van der Waals surface area (Å²) >= 11 is 0.